The van der Waals surface area contributed by atoms with Crippen molar-refractivity contribution in [1.29, 1.82) is 0 Å². The Labute approximate surface area is 85.9 Å². The van der Waals surface area contributed by atoms with Gasteiger partial charge in [-0.25, -0.2) is 0 Å². The summed E-state index contributed by atoms with van der Waals surface area (Å²) in [5, 5.41) is 0. The number of hydrogen-bond acceptors (Lipinski definition) is 3. The van der Waals surface area contributed by atoms with Crippen LogP contribution in [0.15, 0.2) is 18.2 Å². The first-order chi connectivity index (χ1) is 6.25. The molecule has 0 atom stereocenters. The van der Waals surface area contributed by atoms with Crippen molar-refractivity contribution in [1.82, 2.24) is 0 Å². The standard InChI is InChI=1S/C7H5Cl2O3P/c8-13(9)12-5-1-2-6-7(3-5)11-4-10-6/h1-3H,4H2. The molecule has 0 radical (unpaired) electrons. The second kappa shape index (κ2) is 3.79. The molecule has 13 heavy (non-hydrogen) atoms. The van der Waals surface area contributed by atoms with Gasteiger partial charge in [0, 0.05) is 6.07 Å². The predicted molar refractivity (Wildman–Crippen MR) is 51.8 cm³/mol. The van der Waals surface area contributed by atoms with Gasteiger partial charge in [-0.15, -0.1) is 0 Å². The lowest BCUT2D eigenvalue weighted by Gasteiger charge is -2.04. The second-order valence-electron chi connectivity index (χ2n) is 2.31. The Balaban J connectivity index is 2.21. The van der Waals surface area contributed by atoms with Crippen molar-refractivity contribution in [2.24, 2.45) is 0 Å². The quantitative estimate of drug-likeness (QED) is 0.739. The third kappa shape index (κ3) is 2.11. The van der Waals surface area contributed by atoms with Gasteiger partial charge in [-0.1, -0.05) is 0 Å². The maximum atomic E-state index is 5.50. The van der Waals surface area contributed by atoms with Crippen LogP contribution >= 0.6 is 29.3 Å². The number of fused-ring (bicyclic) bond motifs is 1. The molecule has 0 aliphatic carbocycles. The van der Waals surface area contributed by atoms with E-state index in [1.54, 1.807) is 18.2 Å². The van der Waals surface area contributed by atoms with Crippen LogP contribution in [0, 0.1) is 0 Å². The second-order valence-corrected chi connectivity index (χ2v) is 5.26. The molecule has 0 saturated carbocycles. The van der Waals surface area contributed by atoms with Gasteiger partial charge in [0.2, 0.25) is 6.79 Å². The van der Waals surface area contributed by atoms with Crippen LogP contribution in [0.5, 0.6) is 17.2 Å². The Morgan fingerprint density at radius 1 is 1.23 bits per heavy atom. The Bertz CT molecular complexity index is 319. The normalized spacial score (nSPS) is 13.5. The highest BCUT2D eigenvalue weighted by atomic mass is 35.9. The monoisotopic (exact) mass is 238 g/mol. The lowest BCUT2D eigenvalue weighted by molar-refractivity contribution is 0.174. The molecule has 0 fully saturated rings. The highest BCUT2D eigenvalue weighted by Crippen LogP contribution is 2.49. The van der Waals surface area contributed by atoms with E-state index in [0.29, 0.717) is 17.2 Å². The van der Waals surface area contributed by atoms with Crippen LogP contribution in [0.3, 0.4) is 0 Å². The first kappa shape index (κ1) is 9.20. The van der Waals surface area contributed by atoms with Crippen LogP contribution in [-0.4, -0.2) is 6.79 Å². The van der Waals surface area contributed by atoms with E-state index in [-0.39, 0.29) is 6.79 Å². The van der Waals surface area contributed by atoms with E-state index in [1.807, 2.05) is 0 Å². The third-order valence-corrected chi connectivity index (χ3v) is 2.28. The molecule has 0 unspecified atom stereocenters. The van der Waals surface area contributed by atoms with Gasteiger partial charge >= 0.3 is 0 Å². The Hall–Kier alpha value is -0.370. The molecule has 2 rings (SSSR count). The number of ether oxygens (including phenoxy) is 2. The van der Waals surface area contributed by atoms with E-state index in [9.17, 15) is 0 Å². The zero-order chi connectivity index (χ0) is 9.26. The van der Waals surface area contributed by atoms with Crippen LogP contribution in [0.25, 0.3) is 0 Å². The van der Waals surface area contributed by atoms with E-state index in [0.717, 1.165) is 0 Å². The van der Waals surface area contributed by atoms with Crippen molar-refractivity contribution in [3.63, 3.8) is 0 Å². The zero-order valence-electron chi connectivity index (χ0n) is 6.37. The molecule has 0 amide bonds. The lowest BCUT2D eigenvalue weighted by atomic mass is 10.3. The molecule has 6 heteroatoms. The summed E-state index contributed by atoms with van der Waals surface area (Å²) in [5.74, 6) is 1.95. The minimum absolute atomic E-state index is 0.245. The average Bonchev–Trinajstić information content (AvgIpc) is 2.49. The zero-order valence-corrected chi connectivity index (χ0v) is 8.77. The van der Waals surface area contributed by atoms with Gasteiger partial charge in [-0.2, -0.15) is 0 Å². The topological polar surface area (TPSA) is 27.7 Å². The van der Waals surface area contributed by atoms with Crippen LogP contribution in [-0.2, 0) is 0 Å². The SMILES string of the molecule is ClP(Cl)Oc1ccc2c(c1)OCO2. The van der Waals surface area contributed by atoms with Crippen LogP contribution in [0.2, 0.25) is 0 Å². The van der Waals surface area contributed by atoms with Gasteiger partial charge in [0.25, 0.3) is 6.85 Å². The predicted octanol–water partition coefficient (Wildman–Crippen LogP) is 3.50. The summed E-state index contributed by atoms with van der Waals surface area (Å²) in [6.07, 6.45) is 0. The molecular formula is C7H5Cl2O3P. The molecule has 3 nitrogen and oxygen atoms in total. The minimum Gasteiger partial charge on any atom is -0.454 e. The summed E-state index contributed by atoms with van der Waals surface area (Å²) in [7, 11) is 0. The number of benzene rings is 1. The summed E-state index contributed by atoms with van der Waals surface area (Å²) < 4.78 is 15.4. The highest BCUT2D eigenvalue weighted by Gasteiger charge is 2.14. The van der Waals surface area contributed by atoms with Crippen LogP contribution < -0.4 is 14.0 Å². The molecule has 0 saturated heterocycles. The first-order valence-corrected chi connectivity index (χ1v) is 6.52. The van der Waals surface area contributed by atoms with E-state index in [4.69, 9.17) is 36.5 Å². The molecule has 0 spiro atoms. The first-order valence-electron chi connectivity index (χ1n) is 3.45. The molecule has 1 aliphatic heterocycles. The van der Waals surface area contributed by atoms with Crippen molar-refractivity contribution >= 4 is 29.3 Å². The number of rotatable bonds is 2. The van der Waals surface area contributed by atoms with E-state index < -0.39 is 6.85 Å². The van der Waals surface area contributed by atoms with Crippen molar-refractivity contribution in [3.8, 4) is 17.2 Å². The van der Waals surface area contributed by atoms with Gasteiger partial charge in [0.15, 0.2) is 11.5 Å². The summed E-state index contributed by atoms with van der Waals surface area (Å²) in [6.45, 7) is -1.19. The number of hydrogen-bond donors (Lipinski definition) is 0. The fourth-order valence-electron chi connectivity index (χ4n) is 1.01. The van der Waals surface area contributed by atoms with Crippen LogP contribution in [0.4, 0.5) is 0 Å². The summed E-state index contributed by atoms with van der Waals surface area (Å²) in [4.78, 5) is 0. The maximum absolute atomic E-state index is 5.50. The number of halogens is 2. The molecule has 0 N–H and O–H groups in total. The molecule has 70 valence electrons. The fraction of sp³-hybridized carbons (Fsp3) is 0.143. The average molecular weight is 239 g/mol. The molecule has 1 aliphatic rings. The summed E-state index contributed by atoms with van der Waals surface area (Å²) in [6, 6.07) is 5.18. The van der Waals surface area contributed by atoms with Crippen LogP contribution in [0.1, 0.15) is 0 Å². The van der Waals surface area contributed by atoms with Gasteiger partial charge in [0.05, 0.1) is 0 Å². The summed E-state index contributed by atoms with van der Waals surface area (Å²) in [5.41, 5.74) is 0. The van der Waals surface area contributed by atoms with Gasteiger partial charge in [0.1, 0.15) is 5.75 Å². The molecule has 0 aromatic heterocycles. The third-order valence-electron chi connectivity index (χ3n) is 1.52. The van der Waals surface area contributed by atoms with Gasteiger partial charge < -0.3 is 14.0 Å². The molecule has 1 aromatic carbocycles. The van der Waals surface area contributed by atoms with Crippen molar-refractivity contribution < 1.29 is 14.0 Å². The van der Waals surface area contributed by atoms with Crippen molar-refractivity contribution in [2.45, 2.75) is 0 Å². The van der Waals surface area contributed by atoms with Gasteiger partial charge in [-0.05, 0) is 34.6 Å². The Morgan fingerprint density at radius 3 is 2.77 bits per heavy atom. The minimum atomic E-state index is -1.44. The van der Waals surface area contributed by atoms with Gasteiger partial charge in [-0.3, -0.25) is 0 Å². The van der Waals surface area contributed by atoms with E-state index in [2.05, 4.69) is 0 Å². The smallest absolute Gasteiger partial charge is 0.284 e. The maximum Gasteiger partial charge on any atom is 0.284 e. The highest BCUT2D eigenvalue weighted by molar-refractivity contribution is 8.00. The largest absolute Gasteiger partial charge is 0.454 e. The molecule has 1 heterocycles. The Morgan fingerprint density at radius 2 is 2.00 bits per heavy atom. The Kier molecular flexibility index (Phi) is 2.68. The lowest BCUT2D eigenvalue weighted by Crippen LogP contribution is -1.92. The summed E-state index contributed by atoms with van der Waals surface area (Å²) >= 11 is 11.0. The van der Waals surface area contributed by atoms with Crippen molar-refractivity contribution in [3.05, 3.63) is 18.2 Å². The van der Waals surface area contributed by atoms with Crippen molar-refractivity contribution in [2.75, 3.05) is 6.79 Å². The van der Waals surface area contributed by atoms with E-state index in [1.165, 1.54) is 0 Å². The molecule has 0 bridgehead atoms. The molecule has 1 aromatic rings. The molecular weight excluding hydrogens is 234 g/mol. The van der Waals surface area contributed by atoms with E-state index >= 15 is 0 Å². The fourth-order valence-corrected chi connectivity index (χ4v) is 1.76.